The molecule has 1 aliphatic heterocycles. The molecule has 1 aromatic carbocycles. The molecular weight excluding hydrogens is 306 g/mol. The van der Waals surface area contributed by atoms with Gasteiger partial charge in [0.05, 0.1) is 25.9 Å². The first-order valence-electron chi connectivity index (χ1n) is 8.46. The number of H-pyrrole nitrogens is 1. The lowest BCUT2D eigenvalue weighted by atomic mass is 10.1. The number of benzene rings is 1. The summed E-state index contributed by atoms with van der Waals surface area (Å²) in [6.45, 7) is 2.97. The average Bonchev–Trinajstić information content (AvgIpc) is 3.02. The molecule has 2 N–H and O–H groups in total. The Morgan fingerprint density at radius 2 is 2.33 bits per heavy atom. The number of hydrogen-bond donors (Lipinski definition) is 2. The first-order chi connectivity index (χ1) is 11.8. The summed E-state index contributed by atoms with van der Waals surface area (Å²) in [6, 6.07) is 8.27. The lowest BCUT2D eigenvalue weighted by Gasteiger charge is -2.32. The number of aryl methyl sites for hydroxylation is 1. The number of nitrogens with one attached hydrogen (secondary N) is 2. The smallest absolute Gasteiger partial charge is 0.317 e. The van der Waals surface area contributed by atoms with Crippen molar-refractivity contribution in [1.29, 1.82) is 0 Å². The van der Waals surface area contributed by atoms with Gasteiger partial charge in [0.1, 0.15) is 0 Å². The standard InChI is InChI=1S/C18H25N3O3/c1-23-13-15-12-21(9-10-24-15)18(22)19-8-4-5-14-11-20-17-7-3-2-6-16(14)17/h2-3,6-7,11,15,20H,4-5,8-10,12-13H2,1H3,(H,19,22)/t15-/m1/s1. The first kappa shape index (κ1) is 16.8. The van der Waals surface area contributed by atoms with Crippen molar-refractivity contribution < 1.29 is 14.3 Å². The molecule has 1 atom stereocenters. The van der Waals surface area contributed by atoms with Crippen LogP contribution in [-0.2, 0) is 15.9 Å². The predicted octanol–water partition coefficient (Wildman–Crippen LogP) is 2.16. The number of carbonyl (C=O) groups is 1. The van der Waals surface area contributed by atoms with Crippen LogP contribution in [0.5, 0.6) is 0 Å². The molecule has 1 saturated heterocycles. The van der Waals surface area contributed by atoms with E-state index in [1.807, 2.05) is 6.07 Å². The molecule has 6 heteroatoms. The van der Waals surface area contributed by atoms with Crippen molar-refractivity contribution in [2.45, 2.75) is 18.9 Å². The minimum absolute atomic E-state index is 0.0154. The van der Waals surface area contributed by atoms with E-state index in [2.05, 4.69) is 34.7 Å². The van der Waals surface area contributed by atoms with E-state index in [1.54, 1.807) is 12.0 Å². The molecule has 2 aromatic rings. The zero-order valence-electron chi connectivity index (χ0n) is 14.1. The highest BCUT2D eigenvalue weighted by atomic mass is 16.5. The summed E-state index contributed by atoms with van der Waals surface area (Å²) in [7, 11) is 1.65. The van der Waals surface area contributed by atoms with Crippen LogP contribution in [0.15, 0.2) is 30.5 Å². The number of aromatic amines is 1. The number of urea groups is 1. The van der Waals surface area contributed by atoms with Gasteiger partial charge in [-0.05, 0) is 24.5 Å². The number of amides is 2. The molecule has 0 saturated carbocycles. The third-order valence-electron chi connectivity index (χ3n) is 4.35. The molecule has 0 bridgehead atoms. The van der Waals surface area contributed by atoms with Gasteiger partial charge >= 0.3 is 6.03 Å². The number of rotatable bonds is 6. The van der Waals surface area contributed by atoms with Crippen molar-refractivity contribution in [3.63, 3.8) is 0 Å². The quantitative estimate of drug-likeness (QED) is 0.797. The van der Waals surface area contributed by atoms with Crippen LogP contribution in [0.1, 0.15) is 12.0 Å². The monoisotopic (exact) mass is 331 g/mol. The second-order valence-electron chi connectivity index (χ2n) is 6.09. The second-order valence-corrected chi connectivity index (χ2v) is 6.09. The zero-order valence-corrected chi connectivity index (χ0v) is 14.1. The van der Waals surface area contributed by atoms with Crippen LogP contribution in [0.2, 0.25) is 0 Å². The summed E-state index contributed by atoms with van der Waals surface area (Å²) in [5.41, 5.74) is 2.46. The molecule has 1 aliphatic rings. The molecule has 0 aliphatic carbocycles. The molecule has 2 heterocycles. The van der Waals surface area contributed by atoms with Crippen LogP contribution in [0, 0.1) is 0 Å². The largest absolute Gasteiger partial charge is 0.382 e. The number of nitrogens with zero attached hydrogens (tertiary/aromatic N) is 1. The van der Waals surface area contributed by atoms with Crippen molar-refractivity contribution in [1.82, 2.24) is 15.2 Å². The van der Waals surface area contributed by atoms with E-state index < -0.39 is 0 Å². The lowest BCUT2D eigenvalue weighted by Crippen LogP contribution is -2.50. The van der Waals surface area contributed by atoms with Crippen LogP contribution < -0.4 is 5.32 Å². The normalized spacial score (nSPS) is 18.0. The van der Waals surface area contributed by atoms with E-state index in [4.69, 9.17) is 9.47 Å². The topological polar surface area (TPSA) is 66.6 Å². The van der Waals surface area contributed by atoms with Gasteiger partial charge in [-0.3, -0.25) is 0 Å². The van der Waals surface area contributed by atoms with Crippen LogP contribution in [0.25, 0.3) is 10.9 Å². The molecule has 0 spiro atoms. The van der Waals surface area contributed by atoms with E-state index in [9.17, 15) is 4.79 Å². The number of carbonyl (C=O) groups excluding carboxylic acids is 1. The fraction of sp³-hybridized carbons (Fsp3) is 0.500. The molecule has 1 aromatic heterocycles. The molecule has 24 heavy (non-hydrogen) atoms. The number of para-hydroxylation sites is 1. The van der Waals surface area contributed by atoms with E-state index in [1.165, 1.54) is 10.9 Å². The number of hydrogen-bond acceptors (Lipinski definition) is 3. The molecule has 6 nitrogen and oxygen atoms in total. The van der Waals surface area contributed by atoms with Crippen molar-refractivity contribution in [3.8, 4) is 0 Å². The van der Waals surface area contributed by atoms with E-state index >= 15 is 0 Å². The SMILES string of the molecule is COC[C@H]1CN(C(=O)NCCCc2c[nH]c3ccccc23)CCO1. The van der Waals surface area contributed by atoms with Gasteiger partial charge in [0.2, 0.25) is 0 Å². The van der Waals surface area contributed by atoms with E-state index in [0.29, 0.717) is 32.8 Å². The van der Waals surface area contributed by atoms with Crippen molar-refractivity contribution >= 4 is 16.9 Å². The van der Waals surface area contributed by atoms with Gasteiger partial charge in [0.15, 0.2) is 0 Å². The Kier molecular flexibility index (Phi) is 5.72. The molecule has 2 amide bonds. The molecule has 3 rings (SSSR count). The molecule has 1 fully saturated rings. The third-order valence-corrected chi connectivity index (χ3v) is 4.35. The highest BCUT2D eigenvalue weighted by Gasteiger charge is 2.23. The van der Waals surface area contributed by atoms with Gasteiger partial charge in [-0.25, -0.2) is 4.79 Å². The number of ether oxygens (including phenoxy) is 2. The number of morpholine rings is 1. The van der Waals surface area contributed by atoms with Gasteiger partial charge < -0.3 is 24.7 Å². The highest BCUT2D eigenvalue weighted by molar-refractivity contribution is 5.83. The number of aromatic nitrogens is 1. The molecule has 130 valence electrons. The van der Waals surface area contributed by atoms with Crippen LogP contribution >= 0.6 is 0 Å². The van der Waals surface area contributed by atoms with Gasteiger partial charge in [-0.15, -0.1) is 0 Å². The Bertz CT molecular complexity index is 668. The first-order valence-corrected chi connectivity index (χ1v) is 8.46. The maximum Gasteiger partial charge on any atom is 0.317 e. The summed E-state index contributed by atoms with van der Waals surface area (Å²) in [5.74, 6) is 0. The van der Waals surface area contributed by atoms with Crippen LogP contribution in [0.4, 0.5) is 4.79 Å². The predicted molar refractivity (Wildman–Crippen MR) is 93.2 cm³/mol. The van der Waals surface area contributed by atoms with Crippen LogP contribution in [-0.4, -0.2) is 62.0 Å². The summed E-state index contributed by atoms with van der Waals surface area (Å²) in [4.78, 5) is 17.3. The lowest BCUT2D eigenvalue weighted by molar-refractivity contribution is -0.0494. The maximum atomic E-state index is 12.2. The van der Waals surface area contributed by atoms with Gasteiger partial charge in [0.25, 0.3) is 0 Å². The van der Waals surface area contributed by atoms with Crippen molar-refractivity contribution in [2.75, 3.05) is 40.0 Å². The minimum atomic E-state index is -0.0271. The average molecular weight is 331 g/mol. The Morgan fingerprint density at radius 3 is 3.21 bits per heavy atom. The minimum Gasteiger partial charge on any atom is -0.382 e. The Balaban J connectivity index is 1.42. The van der Waals surface area contributed by atoms with Crippen molar-refractivity contribution in [3.05, 3.63) is 36.0 Å². The fourth-order valence-electron chi connectivity index (χ4n) is 3.11. The highest BCUT2D eigenvalue weighted by Crippen LogP contribution is 2.18. The van der Waals surface area contributed by atoms with Crippen LogP contribution in [0.3, 0.4) is 0 Å². The van der Waals surface area contributed by atoms with Gasteiger partial charge in [-0.2, -0.15) is 0 Å². The summed E-state index contributed by atoms with van der Waals surface area (Å²) >= 11 is 0. The molecule has 0 radical (unpaired) electrons. The third kappa shape index (κ3) is 4.07. The van der Waals surface area contributed by atoms with Gasteiger partial charge in [-0.1, -0.05) is 18.2 Å². The zero-order chi connectivity index (χ0) is 16.8. The van der Waals surface area contributed by atoms with Crippen molar-refractivity contribution in [2.24, 2.45) is 0 Å². The van der Waals surface area contributed by atoms with Gasteiger partial charge in [0, 0.05) is 37.3 Å². The summed E-state index contributed by atoms with van der Waals surface area (Å²) in [6.07, 6.45) is 3.89. The number of fused-ring (bicyclic) bond motifs is 1. The number of methoxy groups -OCH3 is 1. The van der Waals surface area contributed by atoms with E-state index in [-0.39, 0.29) is 12.1 Å². The molecular formula is C18H25N3O3. The van der Waals surface area contributed by atoms with E-state index in [0.717, 1.165) is 18.4 Å². The summed E-state index contributed by atoms with van der Waals surface area (Å²) in [5, 5.41) is 4.27. The summed E-state index contributed by atoms with van der Waals surface area (Å²) < 4.78 is 10.7. The fourth-order valence-corrected chi connectivity index (χ4v) is 3.11. The Hall–Kier alpha value is -2.05. The second kappa shape index (κ2) is 8.17. The Labute approximate surface area is 142 Å². The molecule has 0 unspecified atom stereocenters. The Morgan fingerprint density at radius 1 is 1.46 bits per heavy atom. The maximum absolute atomic E-state index is 12.2.